The fraction of sp³-hybridized carbons (Fsp3) is 0.448. The Kier molecular flexibility index (Phi) is 9.97. The van der Waals surface area contributed by atoms with Gasteiger partial charge in [0.1, 0.15) is 0 Å². The van der Waals surface area contributed by atoms with Crippen molar-refractivity contribution in [3.63, 3.8) is 0 Å². The van der Waals surface area contributed by atoms with Gasteiger partial charge in [-0.3, -0.25) is 0 Å². The average Bonchev–Trinajstić information content (AvgIpc) is 2.77. The van der Waals surface area contributed by atoms with Gasteiger partial charge in [-0.15, -0.1) is 6.42 Å². The first-order valence-electron chi connectivity index (χ1n) is 11.8. The van der Waals surface area contributed by atoms with E-state index >= 15 is 0 Å². The minimum atomic E-state index is -2.54. The fourth-order valence-corrected chi connectivity index (χ4v) is 4.30. The fourth-order valence-electron chi connectivity index (χ4n) is 4.30. The Bertz CT molecular complexity index is 906. The summed E-state index contributed by atoms with van der Waals surface area (Å²) in [7, 11) is 1.97. The van der Waals surface area contributed by atoms with Gasteiger partial charge in [-0.25, -0.2) is 8.78 Å². The smallest absolute Gasteiger partial charge is 0.248 e. The molecule has 2 aliphatic carbocycles. The maximum Gasteiger partial charge on any atom is 0.248 e. The van der Waals surface area contributed by atoms with Crippen LogP contribution in [0.25, 0.3) is 0 Å². The molecule has 0 radical (unpaired) electrons. The molecule has 0 atom stereocenters. The number of nitrogens with zero attached hydrogens (tertiary/aromatic N) is 1. The molecule has 4 heteroatoms. The highest BCUT2D eigenvalue weighted by atomic mass is 19.3. The molecule has 0 aromatic carbocycles. The van der Waals surface area contributed by atoms with Crippen molar-refractivity contribution in [2.24, 2.45) is 5.92 Å². The van der Waals surface area contributed by atoms with Crippen molar-refractivity contribution in [3.05, 3.63) is 83.5 Å². The van der Waals surface area contributed by atoms with Gasteiger partial charge < -0.3 is 10.2 Å². The third-order valence-corrected chi connectivity index (χ3v) is 6.64. The van der Waals surface area contributed by atoms with Gasteiger partial charge >= 0.3 is 0 Å². The molecule has 2 aliphatic rings. The Morgan fingerprint density at radius 3 is 2.30 bits per heavy atom. The lowest BCUT2D eigenvalue weighted by atomic mass is 9.79. The Morgan fingerprint density at radius 1 is 1.18 bits per heavy atom. The van der Waals surface area contributed by atoms with Gasteiger partial charge in [0, 0.05) is 37.7 Å². The SMILES string of the molecule is C#C\C(=C/C(=C/C/C(=C/C)N(C)C=C)C(/C=C)=C\C)NC(=C1CCC1)C1CCC(F)(F)CC1. The standard InChI is InChI=1S/C29H38F2N2/c1-7-22(8-2)25(15-16-27(10-4)33(6)11-5)21-26(9-3)32-28(23-13-12-14-23)24-17-19-29(30,31)20-18-24/h3,7-8,10-11,15,21,24,32H,1,5,12-14,16-20H2,2,4,6H3/b22-8-,25-15-,26-21+,27-10-. The van der Waals surface area contributed by atoms with Crippen LogP contribution < -0.4 is 5.32 Å². The highest BCUT2D eigenvalue weighted by Gasteiger charge is 2.37. The van der Waals surface area contributed by atoms with Gasteiger partial charge in [0.2, 0.25) is 5.92 Å². The summed E-state index contributed by atoms with van der Waals surface area (Å²) in [6, 6.07) is 0. The van der Waals surface area contributed by atoms with E-state index in [0.717, 1.165) is 41.8 Å². The summed E-state index contributed by atoms with van der Waals surface area (Å²) < 4.78 is 27.5. The Balaban J connectivity index is 2.34. The van der Waals surface area contributed by atoms with E-state index in [1.807, 2.05) is 44.0 Å². The van der Waals surface area contributed by atoms with E-state index in [1.54, 1.807) is 6.20 Å². The number of terminal acetylenes is 1. The zero-order valence-corrected chi connectivity index (χ0v) is 20.4. The monoisotopic (exact) mass is 452 g/mol. The second-order valence-corrected chi connectivity index (χ2v) is 8.71. The molecule has 2 nitrogen and oxygen atoms in total. The van der Waals surface area contributed by atoms with Crippen LogP contribution in [0.2, 0.25) is 0 Å². The number of hydrogen-bond donors (Lipinski definition) is 1. The highest BCUT2D eigenvalue weighted by Crippen LogP contribution is 2.42. The normalized spacial score (nSPS) is 19.9. The molecule has 33 heavy (non-hydrogen) atoms. The molecule has 1 N–H and O–H groups in total. The lowest BCUT2D eigenvalue weighted by molar-refractivity contribution is -0.0426. The van der Waals surface area contributed by atoms with Gasteiger partial charge in [0.15, 0.2) is 0 Å². The van der Waals surface area contributed by atoms with Gasteiger partial charge in [-0.2, -0.15) is 0 Å². The topological polar surface area (TPSA) is 15.3 Å². The van der Waals surface area contributed by atoms with Crippen LogP contribution in [0.4, 0.5) is 8.78 Å². The Hall–Kier alpha value is -2.80. The Labute approximate surface area is 199 Å². The largest absolute Gasteiger partial charge is 0.355 e. The van der Waals surface area contributed by atoms with E-state index < -0.39 is 5.92 Å². The first-order valence-corrected chi connectivity index (χ1v) is 11.8. The number of rotatable bonds is 10. The summed E-state index contributed by atoms with van der Waals surface area (Å²) in [6.07, 6.45) is 22.4. The molecule has 0 saturated heterocycles. The summed E-state index contributed by atoms with van der Waals surface area (Å²) in [4.78, 5) is 1.99. The molecule has 0 aromatic heterocycles. The molecule has 0 heterocycles. The van der Waals surface area contributed by atoms with E-state index in [1.165, 1.54) is 5.57 Å². The minimum absolute atomic E-state index is 0.0570. The number of allylic oxidation sites excluding steroid dienone is 10. The first kappa shape index (κ1) is 26.5. The van der Waals surface area contributed by atoms with E-state index in [0.29, 0.717) is 25.0 Å². The summed E-state index contributed by atoms with van der Waals surface area (Å²) in [5, 5.41) is 3.49. The van der Waals surface area contributed by atoms with Crippen LogP contribution in [-0.2, 0) is 0 Å². The predicted molar refractivity (Wildman–Crippen MR) is 136 cm³/mol. The van der Waals surface area contributed by atoms with Crippen LogP contribution in [0.15, 0.2) is 83.5 Å². The van der Waals surface area contributed by atoms with Crippen molar-refractivity contribution in [3.8, 4) is 12.3 Å². The van der Waals surface area contributed by atoms with Crippen LogP contribution in [0.5, 0.6) is 0 Å². The third kappa shape index (κ3) is 7.35. The maximum atomic E-state index is 13.7. The van der Waals surface area contributed by atoms with Crippen molar-refractivity contribution >= 4 is 0 Å². The molecule has 2 rings (SSSR count). The molecular formula is C29H38F2N2. The molecule has 0 spiro atoms. The van der Waals surface area contributed by atoms with E-state index in [2.05, 4.69) is 36.5 Å². The van der Waals surface area contributed by atoms with Crippen molar-refractivity contribution < 1.29 is 8.78 Å². The van der Waals surface area contributed by atoms with E-state index in [-0.39, 0.29) is 18.8 Å². The second kappa shape index (κ2) is 12.4. The number of alkyl halides is 2. The predicted octanol–water partition coefficient (Wildman–Crippen LogP) is 7.78. The van der Waals surface area contributed by atoms with Gasteiger partial charge in [0.05, 0.1) is 5.70 Å². The molecule has 0 bridgehead atoms. The van der Waals surface area contributed by atoms with Crippen molar-refractivity contribution in [2.45, 2.75) is 71.1 Å². The van der Waals surface area contributed by atoms with Crippen molar-refractivity contribution in [1.29, 1.82) is 0 Å². The third-order valence-electron chi connectivity index (χ3n) is 6.64. The maximum absolute atomic E-state index is 13.7. The second-order valence-electron chi connectivity index (χ2n) is 8.71. The summed E-state index contributed by atoms with van der Waals surface area (Å²) in [6.45, 7) is 11.8. The van der Waals surface area contributed by atoms with Gasteiger partial charge in [0.25, 0.3) is 0 Å². The van der Waals surface area contributed by atoms with Crippen LogP contribution >= 0.6 is 0 Å². The van der Waals surface area contributed by atoms with Crippen LogP contribution in [0, 0.1) is 18.3 Å². The lowest BCUT2D eigenvalue weighted by Crippen LogP contribution is -2.31. The minimum Gasteiger partial charge on any atom is -0.355 e. The molecule has 2 saturated carbocycles. The summed E-state index contributed by atoms with van der Waals surface area (Å²) >= 11 is 0. The average molecular weight is 453 g/mol. The van der Waals surface area contributed by atoms with Crippen LogP contribution in [0.3, 0.4) is 0 Å². The lowest BCUT2D eigenvalue weighted by Gasteiger charge is -2.34. The van der Waals surface area contributed by atoms with Gasteiger partial charge in [-0.1, -0.05) is 49.0 Å². The molecule has 178 valence electrons. The zero-order valence-electron chi connectivity index (χ0n) is 20.4. The quantitative estimate of drug-likeness (QED) is 0.269. The molecule has 0 aromatic rings. The number of nitrogens with one attached hydrogen (secondary N) is 1. The number of halogens is 2. The summed E-state index contributed by atoms with van der Waals surface area (Å²) in [5.74, 6) is 0.355. The molecule has 0 amide bonds. The highest BCUT2D eigenvalue weighted by molar-refractivity contribution is 5.50. The van der Waals surface area contributed by atoms with Crippen LogP contribution in [-0.4, -0.2) is 17.9 Å². The summed E-state index contributed by atoms with van der Waals surface area (Å²) in [5.41, 5.74) is 6.12. The first-order chi connectivity index (χ1) is 15.8. The van der Waals surface area contributed by atoms with E-state index in [9.17, 15) is 8.78 Å². The van der Waals surface area contributed by atoms with Crippen molar-refractivity contribution in [2.75, 3.05) is 7.05 Å². The molecule has 0 unspecified atom stereocenters. The molecule has 2 fully saturated rings. The molecular weight excluding hydrogens is 414 g/mol. The Morgan fingerprint density at radius 2 is 1.85 bits per heavy atom. The molecule has 0 aliphatic heterocycles. The van der Waals surface area contributed by atoms with E-state index in [4.69, 9.17) is 6.42 Å². The van der Waals surface area contributed by atoms with Crippen LogP contribution in [0.1, 0.15) is 65.2 Å². The van der Waals surface area contributed by atoms with Crippen molar-refractivity contribution in [1.82, 2.24) is 10.2 Å². The van der Waals surface area contributed by atoms with Gasteiger partial charge in [-0.05, 0) is 75.3 Å². The zero-order chi connectivity index (χ0) is 24.4. The number of hydrogen-bond acceptors (Lipinski definition) is 2.